The number of hydrogen-bond donors (Lipinski definition) is 2. The van der Waals surface area contributed by atoms with Crippen molar-refractivity contribution in [1.82, 2.24) is 5.32 Å². The molecule has 0 unspecified atom stereocenters. The topological polar surface area (TPSA) is 72.2 Å². The molecular weight excluding hydrogens is 312 g/mol. The number of primary amides is 1. The highest BCUT2D eigenvalue weighted by Crippen LogP contribution is 2.18. The van der Waals surface area contributed by atoms with Gasteiger partial charge in [0.25, 0.3) is 5.91 Å². The largest absolute Gasteiger partial charge is 0.368 e. The van der Waals surface area contributed by atoms with Crippen molar-refractivity contribution >= 4 is 22.6 Å². The Kier molecular flexibility index (Phi) is 7.20. The summed E-state index contributed by atoms with van der Waals surface area (Å²) >= 11 is 0. The van der Waals surface area contributed by atoms with E-state index in [4.69, 9.17) is 5.73 Å². The summed E-state index contributed by atoms with van der Waals surface area (Å²) in [6, 6.07) is 12.6. The van der Waals surface area contributed by atoms with Gasteiger partial charge in [-0.05, 0) is 36.1 Å². The zero-order valence-electron chi connectivity index (χ0n) is 14.5. The van der Waals surface area contributed by atoms with Gasteiger partial charge in [-0.3, -0.25) is 9.59 Å². The van der Waals surface area contributed by atoms with Gasteiger partial charge in [0.05, 0.1) is 0 Å². The van der Waals surface area contributed by atoms with Crippen molar-refractivity contribution in [3.63, 3.8) is 0 Å². The molecule has 0 fully saturated rings. The summed E-state index contributed by atoms with van der Waals surface area (Å²) in [7, 11) is 0. The molecule has 0 saturated heterocycles. The molecule has 0 aliphatic carbocycles. The Bertz CT molecular complexity index is 734. The maximum atomic E-state index is 12.6. The first-order chi connectivity index (χ1) is 12.1. The molecule has 3 N–H and O–H groups in total. The highest BCUT2D eigenvalue weighted by molar-refractivity contribution is 6.08. The lowest BCUT2D eigenvalue weighted by Gasteiger charge is -2.16. The van der Waals surface area contributed by atoms with Gasteiger partial charge in [-0.25, -0.2) is 0 Å². The molecular formula is C21H26N2O2. The fourth-order valence-corrected chi connectivity index (χ4v) is 2.94. The SMILES string of the molecule is C=CCCCCCC[C@@H](NC(=O)c1cccc2ccccc12)C(N)=O. The maximum Gasteiger partial charge on any atom is 0.252 e. The van der Waals surface area contributed by atoms with Gasteiger partial charge in [0, 0.05) is 5.56 Å². The van der Waals surface area contributed by atoms with Crippen molar-refractivity contribution in [2.45, 2.75) is 44.6 Å². The lowest BCUT2D eigenvalue weighted by molar-refractivity contribution is -0.120. The summed E-state index contributed by atoms with van der Waals surface area (Å²) < 4.78 is 0. The standard InChI is InChI=1S/C21H26N2O2/c1-2-3-4-5-6-7-15-19(20(22)24)23-21(25)18-14-10-12-16-11-8-9-13-17(16)18/h2,8-14,19H,1,3-7,15H2,(H2,22,24)(H,23,25)/t19-/m1/s1. The van der Waals surface area contributed by atoms with Crippen LogP contribution in [0, 0.1) is 0 Å². The summed E-state index contributed by atoms with van der Waals surface area (Å²) in [4.78, 5) is 24.3. The van der Waals surface area contributed by atoms with E-state index in [9.17, 15) is 9.59 Å². The van der Waals surface area contributed by atoms with E-state index >= 15 is 0 Å². The highest BCUT2D eigenvalue weighted by atomic mass is 16.2. The van der Waals surface area contributed by atoms with E-state index in [0.29, 0.717) is 12.0 Å². The molecule has 0 aliphatic rings. The van der Waals surface area contributed by atoms with Crippen LogP contribution in [-0.4, -0.2) is 17.9 Å². The van der Waals surface area contributed by atoms with Gasteiger partial charge >= 0.3 is 0 Å². The summed E-state index contributed by atoms with van der Waals surface area (Å²) in [5.74, 6) is -0.744. The first-order valence-electron chi connectivity index (χ1n) is 8.82. The van der Waals surface area contributed by atoms with Gasteiger partial charge in [-0.2, -0.15) is 0 Å². The van der Waals surface area contributed by atoms with Crippen LogP contribution in [0.15, 0.2) is 55.1 Å². The minimum Gasteiger partial charge on any atom is -0.368 e. The summed E-state index contributed by atoms with van der Waals surface area (Å²) in [6.07, 6.45) is 7.57. The number of nitrogens with two attached hydrogens (primary N) is 1. The Balaban J connectivity index is 1.97. The van der Waals surface area contributed by atoms with E-state index in [1.807, 2.05) is 42.5 Å². The second-order valence-electron chi connectivity index (χ2n) is 6.24. The normalized spacial score (nSPS) is 11.8. The Morgan fingerprint density at radius 3 is 2.52 bits per heavy atom. The Hall–Kier alpha value is -2.62. The van der Waals surface area contributed by atoms with E-state index < -0.39 is 11.9 Å². The molecule has 4 nitrogen and oxygen atoms in total. The van der Waals surface area contributed by atoms with Crippen molar-refractivity contribution in [1.29, 1.82) is 0 Å². The fourth-order valence-electron chi connectivity index (χ4n) is 2.94. The molecule has 1 atom stereocenters. The van der Waals surface area contributed by atoms with Crippen LogP contribution >= 0.6 is 0 Å². The fraction of sp³-hybridized carbons (Fsp3) is 0.333. The lowest BCUT2D eigenvalue weighted by Crippen LogP contribution is -2.44. The molecule has 0 saturated carbocycles. The van der Waals surface area contributed by atoms with Crippen LogP contribution in [-0.2, 0) is 4.79 Å². The third kappa shape index (κ3) is 5.45. The van der Waals surface area contributed by atoms with Crippen molar-refractivity contribution in [2.24, 2.45) is 5.73 Å². The number of amides is 2. The molecule has 25 heavy (non-hydrogen) atoms. The molecule has 2 aromatic rings. The third-order valence-corrected chi connectivity index (χ3v) is 4.33. The van der Waals surface area contributed by atoms with Crippen molar-refractivity contribution in [3.8, 4) is 0 Å². The van der Waals surface area contributed by atoms with E-state index in [1.165, 1.54) is 0 Å². The number of benzene rings is 2. The quantitative estimate of drug-likeness (QED) is 0.508. The number of nitrogens with one attached hydrogen (secondary N) is 1. The average molecular weight is 338 g/mol. The third-order valence-electron chi connectivity index (χ3n) is 4.33. The first kappa shape index (κ1) is 18.7. The molecule has 0 heterocycles. The van der Waals surface area contributed by atoms with Gasteiger partial charge in [-0.15, -0.1) is 6.58 Å². The van der Waals surface area contributed by atoms with E-state index in [1.54, 1.807) is 6.07 Å². The smallest absolute Gasteiger partial charge is 0.252 e. The van der Waals surface area contributed by atoms with Gasteiger partial charge in [0.2, 0.25) is 5.91 Å². The van der Waals surface area contributed by atoms with Crippen molar-refractivity contribution in [2.75, 3.05) is 0 Å². The van der Waals surface area contributed by atoms with Gasteiger partial charge in [0.15, 0.2) is 0 Å². The molecule has 2 amide bonds. The summed E-state index contributed by atoms with van der Waals surface area (Å²) in [6.45, 7) is 3.70. The second kappa shape index (κ2) is 9.62. The van der Waals surface area contributed by atoms with E-state index in [-0.39, 0.29) is 5.91 Å². The Morgan fingerprint density at radius 1 is 1.04 bits per heavy atom. The van der Waals surface area contributed by atoms with Gasteiger partial charge in [0.1, 0.15) is 6.04 Å². The van der Waals surface area contributed by atoms with E-state index in [0.717, 1.165) is 42.9 Å². The van der Waals surface area contributed by atoms with E-state index in [2.05, 4.69) is 11.9 Å². The molecule has 0 aromatic heterocycles. The number of carbonyl (C=O) groups is 2. The Morgan fingerprint density at radius 2 is 1.76 bits per heavy atom. The minimum absolute atomic E-state index is 0.257. The summed E-state index contributed by atoms with van der Waals surface area (Å²) in [5.41, 5.74) is 6.04. The monoisotopic (exact) mass is 338 g/mol. The Labute approximate surface area is 149 Å². The number of unbranched alkanes of at least 4 members (excludes halogenated alkanes) is 4. The molecule has 4 heteroatoms. The number of allylic oxidation sites excluding steroid dienone is 1. The number of hydrogen-bond acceptors (Lipinski definition) is 2. The number of fused-ring (bicyclic) bond motifs is 1. The first-order valence-corrected chi connectivity index (χ1v) is 8.82. The predicted octanol–water partition coefficient (Wildman–Crippen LogP) is 3.95. The molecule has 0 aliphatic heterocycles. The van der Waals surface area contributed by atoms with Crippen LogP contribution in [0.4, 0.5) is 0 Å². The average Bonchev–Trinajstić information content (AvgIpc) is 2.62. The zero-order valence-corrected chi connectivity index (χ0v) is 14.5. The molecule has 2 rings (SSSR count). The van der Waals surface area contributed by atoms with Gasteiger partial charge in [-0.1, -0.05) is 61.7 Å². The van der Waals surface area contributed by atoms with Crippen molar-refractivity contribution < 1.29 is 9.59 Å². The second-order valence-corrected chi connectivity index (χ2v) is 6.24. The molecule has 2 aromatic carbocycles. The van der Waals surface area contributed by atoms with Crippen LogP contribution in [0.5, 0.6) is 0 Å². The molecule has 132 valence electrons. The summed E-state index contributed by atoms with van der Waals surface area (Å²) in [5, 5.41) is 4.66. The molecule has 0 spiro atoms. The zero-order chi connectivity index (χ0) is 18.1. The number of carbonyl (C=O) groups excluding carboxylic acids is 2. The lowest BCUT2D eigenvalue weighted by atomic mass is 10.0. The highest BCUT2D eigenvalue weighted by Gasteiger charge is 2.19. The van der Waals surface area contributed by atoms with Crippen molar-refractivity contribution in [3.05, 3.63) is 60.7 Å². The van der Waals surface area contributed by atoms with Crippen LogP contribution in [0.2, 0.25) is 0 Å². The van der Waals surface area contributed by atoms with Crippen LogP contribution < -0.4 is 11.1 Å². The minimum atomic E-state index is -0.633. The predicted molar refractivity (Wildman–Crippen MR) is 102 cm³/mol. The van der Waals surface area contributed by atoms with Gasteiger partial charge < -0.3 is 11.1 Å². The van der Waals surface area contributed by atoms with Crippen LogP contribution in [0.1, 0.15) is 48.9 Å². The molecule has 0 radical (unpaired) electrons. The number of rotatable bonds is 10. The van der Waals surface area contributed by atoms with Crippen LogP contribution in [0.3, 0.4) is 0 Å². The maximum absolute atomic E-state index is 12.6. The van der Waals surface area contributed by atoms with Crippen LogP contribution in [0.25, 0.3) is 10.8 Å². The molecule has 0 bridgehead atoms.